The maximum Gasteiger partial charge on any atom is 0.0905 e. The molecule has 0 bridgehead atoms. The minimum atomic E-state index is -0.885. The number of allylic oxidation sites excluding steroid dienone is 2. The third kappa shape index (κ3) is 9.66. The summed E-state index contributed by atoms with van der Waals surface area (Å²) in [5, 5.41) is 26.5. The van der Waals surface area contributed by atoms with Crippen molar-refractivity contribution in [1.29, 1.82) is 0 Å². The van der Waals surface area contributed by atoms with E-state index in [1.165, 1.54) is 55.7 Å². The molecule has 0 radical (unpaired) electrons. The van der Waals surface area contributed by atoms with Gasteiger partial charge in [-0.25, -0.2) is 0 Å². The fourth-order valence-electron chi connectivity index (χ4n) is 11.7. The Morgan fingerprint density at radius 1 is 0.367 bits per heavy atom. The zero-order chi connectivity index (χ0) is 43.2. The predicted molar refractivity (Wildman–Crippen MR) is 262 cm³/mol. The van der Waals surface area contributed by atoms with Gasteiger partial charge in [0.1, 0.15) is 0 Å². The van der Waals surface area contributed by atoms with E-state index in [1.807, 2.05) is 0 Å². The van der Waals surface area contributed by atoms with Gasteiger partial charge >= 0.3 is 0 Å². The number of benzene rings is 3. The Kier molecular flexibility index (Phi) is 18.0. The molecule has 2 nitrogen and oxygen atoms in total. The van der Waals surface area contributed by atoms with E-state index in [-0.39, 0.29) is 10.8 Å². The first-order chi connectivity index (χ1) is 29.1. The zero-order valence-electron chi connectivity index (χ0n) is 39.8. The molecule has 3 aromatic rings. The molecule has 2 N–H and O–H groups in total. The van der Waals surface area contributed by atoms with Crippen LogP contribution in [0.2, 0.25) is 0 Å². The van der Waals surface area contributed by atoms with Gasteiger partial charge in [0.25, 0.3) is 0 Å². The fraction of sp³-hybridized carbons (Fsp3) is 0.621. The van der Waals surface area contributed by atoms with Crippen LogP contribution in [0.4, 0.5) is 0 Å². The van der Waals surface area contributed by atoms with Gasteiger partial charge in [0.2, 0.25) is 0 Å². The van der Waals surface area contributed by atoms with Gasteiger partial charge in [0.15, 0.2) is 0 Å². The van der Waals surface area contributed by atoms with Crippen LogP contribution in [0.5, 0.6) is 0 Å². The Balaban J connectivity index is 1.87. The predicted octanol–water partition coefficient (Wildman–Crippen LogP) is 17.0. The standard InChI is InChI=1S/C58H86O2/c1-9-17-37-55(38-18-10-2)49-31-27-25-29-47(49)53(57(59,41-21-13-5)42-22-14-6)51(55)45-33-35-46(36-34-45)52-54(58(60,43-23-15-7)44-24-16-8)48-30-26-28-32-50(48)56(52,39-19-11-3)40-20-12-4/h25-36,59-60H,9-24,37-44H2,1-8H3. The van der Waals surface area contributed by atoms with E-state index in [9.17, 15) is 10.2 Å². The molecule has 60 heavy (non-hydrogen) atoms. The topological polar surface area (TPSA) is 40.5 Å². The van der Waals surface area contributed by atoms with Crippen LogP contribution < -0.4 is 0 Å². The van der Waals surface area contributed by atoms with E-state index in [4.69, 9.17) is 0 Å². The van der Waals surface area contributed by atoms with Crippen molar-refractivity contribution in [1.82, 2.24) is 0 Å². The molecule has 3 aromatic carbocycles. The summed E-state index contributed by atoms with van der Waals surface area (Å²) in [6.45, 7) is 18.4. The number of aliphatic hydroxyl groups is 2. The molecule has 0 aromatic heterocycles. The molecule has 0 heterocycles. The second-order valence-corrected chi connectivity index (χ2v) is 19.2. The van der Waals surface area contributed by atoms with E-state index in [1.54, 1.807) is 0 Å². The second kappa shape index (κ2) is 22.4. The van der Waals surface area contributed by atoms with Crippen LogP contribution in [0.15, 0.2) is 72.8 Å². The largest absolute Gasteiger partial charge is 0.385 e. The molecule has 2 aliphatic carbocycles. The lowest BCUT2D eigenvalue weighted by atomic mass is 9.66. The van der Waals surface area contributed by atoms with Gasteiger partial charge in [-0.05, 0) is 107 Å². The van der Waals surface area contributed by atoms with Crippen LogP contribution >= 0.6 is 0 Å². The summed E-state index contributed by atoms with van der Waals surface area (Å²) in [5.74, 6) is 0. The minimum absolute atomic E-state index is 0.146. The SMILES string of the molecule is CCCCC(O)(CCCC)C1=C(c2ccc(C3=C(C(O)(CCCC)CCCC)c4ccccc4C3(CCCC)CCCC)cc2)C(CCCC)(CCCC)c2ccccc21. The summed E-state index contributed by atoms with van der Waals surface area (Å²) in [6.07, 6.45) is 25.2. The smallest absolute Gasteiger partial charge is 0.0905 e. The van der Waals surface area contributed by atoms with Gasteiger partial charge in [-0.15, -0.1) is 0 Å². The van der Waals surface area contributed by atoms with Crippen LogP contribution in [0, 0.1) is 0 Å². The van der Waals surface area contributed by atoms with Crippen LogP contribution in [-0.2, 0) is 10.8 Å². The maximum atomic E-state index is 13.3. The van der Waals surface area contributed by atoms with Crippen molar-refractivity contribution in [2.45, 2.75) is 232 Å². The molecule has 330 valence electrons. The fourth-order valence-corrected chi connectivity index (χ4v) is 11.7. The van der Waals surface area contributed by atoms with Crippen LogP contribution in [-0.4, -0.2) is 21.4 Å². The van der Waals surface area contributed by atoms with E-state index in [2.05, 4.69) is 128 Å². The van der Waals surface area contributed by atoms with Crippen molar-refractivity contribution < 1.29 is 10.2 Å². The molecule has 0 saturated heterocycles. The summed E-state index contributed by atoms with van der Waals surface area (Å²) in [4.78, 5) is 0. The highest BCUT2D eigenvalue weighted by Crippen LogP contribution is 2.62. The van der Waals surface area contributed by atoms with Gasteiger partial charge in [0.05, 0.1) is 11.2 Å². The number of hydrogen-bond acceptors (Lipinski definition) is 2. The van der Waals surface area contributed by atoms with Gasteiger partial charge < -0.3 is 10.2 Å². The Labute approximate surface area is 368 Å². The van der Waals surface area contributed by atoms with Crippen molar-refractivity contribution in [3.63, 3.8) is 0 Å². The number of hydrogen-bond donors (Lipinski definition) is 2. The van der Waals surface area contributed by atoms with Crippen molar-refractivity contribution in [2.24, 2.45) is 0 Å². The average molecular weight is 815 g/mol. The normalized spacial score (nSPS) is 15.9. The first-order valence-electron chi connectivity index (χ1n) is 25.4. The summed E-state index contributed by atoms with van der Waals surface area (Å²) in [7, 11) is 0. The molecule has 2 aliphatic rings. The summed E-state index contributed by atoms with van der Waals surface area (Å²) in [6, 6.07) is 28.3. The molecule has 2 heteroatoms. The Hall–Kier alpha value is -2.94. The quantitative estimate of drug-likeness (QED) is 0.0766. The molecule has 0 spiro atoms. The van der Waals surface area contributed by atoms with Gasteiger partial charge in [-0.1, -0.05) is 231 Å². The lowest BCUT2D eigenvalue weighted by molar-refractivity contribution is 0.0778. The third-order valence-electron chi connectivity index (χ3n) is 14.9. The lowest BCUT2D eigenvalue weighted by Gasteiger charge is -2.38. The van der Waals surface area contributed by atoms with Crippen LogP contribution in [0.3, 0.4) is 0 Å². The number of fused-ring (bicyclic) bond motifs is 2. The van der Waals surface area contributed by atoms with Crippen molar-refractivity contribution in [3.05, 3.63) is 106 Å². The monoisotopic (exact) mass is 815 g/mol. The first-order valence-corrected chi connectivity index (χ1v) is 25.4. The van der Waals surface area contributed by atoms with Crippen molar-refractivity contribution in [3.8, 4) is 0 Å². The zero-order valence-corrected chi connectivity index (χ0v) is 39.8. The Bertz CT molecular complexity index is 1670. The highest BCUT2D eigenvalue weighted by Gasteiger charge is 2.51. The van der Waals surface area contributed by atoms with Crippen molar-refractivity contribution in [2.75, 3.05) is 0 Å². The third-order valence-corrected chi connectivity index (χ3v) is 14.9. The van der Waals surface area contributed by atoms with E-state index in [0.717, 1.165) is 154 Å². The van der Waals surface area contributed by atoms with E-state index < -0.39 is 11.2 Å². The van der Waals surface area contributed by atoms with Crippen molar-refractivity contribution >= 4 is 22.3 Å². The van der Waals surface area contributed by atoms with Gasteiger partial charge in [0, 0.05) is 10.8 Å². The number of rotatable bonds is 28. The molecule has 5 rings (SSSR count). The number of unbranched alkanes of at least 4 members (excludes halogenated alkanes) is 8. The summed E-state index contributed by atoms with van der Waals surface area (Å²) in [5.41, 5.74) is 11.2. The molecule has 0 saturated carbocycles. The molecule has 0 aliphatic heterocycles. The van der Waals surface area contributed by atoms with E-state index >= 15 is 0 Å². The second-order valence-electron chi connectivity index (χ2n) is 19.2. The summed E-state index contributed by atoms with van der Waals surface area (Å²) < 4.78 is 0. The molecular formula is C58H86O2. The molecule has 0 atom stereocenters. The molecule has 0 unspecified atom stereocenters. The maximum absolute atomic E-state index is 13.3. The lowest BCUT2D eigenvalue weighted by Crippen LogP contribution is -2.32. The molecule has 0 amide bonds. The highest BCUT2D eigenvalue weighted by atomic mass is 16.3. The Morgan fingerprint density at radius 2 is 0.633 bits per heavy atom. The highest BCUT2D eigenvalue weighted by molar-refractivity contribution is 6.06. The molecule has 0 fully saturated rings. The average Bonchev–Trinajstić information content (AvgIpc) is 3.74. The van der Waals surface area contributed by atoms with Gasteiger partial charge in [-0.2, -0.15) is 0 Å². The molecular weight excluding hydrogens is 729 g/mol. The minimum Gasteiger partial charge on any atom is -0.385 e. The Morgan fingerprint density at radius 3 is 0.900 bits per heavy atom. The first kappa shape index (κ1) is 48.1. The van der Waals surface area contributed by atoms with E-state index in [0.29, 0.717) is 0 Å². The van der Waals surface area contributed by atoms with Crippen LogP contribution in [0.25, 0.3) is 22.3 Å². The summed E-state index contributed by atoms with van der Waals surface area (Å²) >= 11 is 0. The van der Waals surface area contributed by atoms with Gasteiger partial charge in [-0.3, -0.25) is 0 Å². The van der Waals surface area contributed by atoms with Crippen LogP contribution in [0.1, 0.15) is 243 Å².